The summed E-state index contributed by atoms with van der Waals surface area (Å²) in [7, 11) is 0. The van der Waals surface area contributed by atoms with E-state index in [2.05, 4.69) is 37.4 Å². The van der Waals surface area contributed by atoms with Crippen molar-refractivity contribution in [1.29, 1.82) is 0 Å². The van der Waals surface area contributed by atoms with Crippen molar-refractivity contribution in [2.45, 2.75) is 39.5 Å². The van der Waals surface area contributed by atoms with Crippen LogP contribution in [0.1, 0.15) is 45.1 Å². The van der Waals surface area contributed by atoms with Gasteiger partial charge in [-0.25, -0.2) is 0 Å². The van der Waals surface area contributed by atoms with E-state index < -0.39 is 0 Å². The van der Waals surface area contributed by atoms with E-state index in [1.54, 1.807) is 6.08 Å². The molecule has 0 bridgehead atoms. The third-order valence-electron chi connectivity index (χ3n) is 3.88. The molecule has 1 heterocycles. The molecule has 0 aromatic heterocycles. The standard InChI is InChI=1S/C22H29NO3/c1-18(2)16-23-22(24)12-10-8-6-4-3-5-7-9-11-19-13-14-20-21(15-19)26-17-25-20/h5,7,9-15,18H,3-4,6,8,16-17H2,1-2H3,(H,23,24)/b7-5+,11-9+,12-10+. The highest BCUT2D eigenvalue weighted by Gasteiger charge is 2.11. The van der Waals surface area contributed by atoms with Gasteiger partial charge in [0.1, 0.15) is 0 Å². The molecule has 0 atom stereocenters. The molecule has 4 heteroatoms. The van der Waals surface area contributed by atoms with E-state index in [0.717, 1.165) is 49.3 Å². The van der Waals surface area contributed by atoms with Gasteiger partial charge in [0, 0.05) is 6.54 Å². The Kier molecular flexibility index (Phi) is 8.53. The monoisotopic (exact) mass is 355 g/mol. The average Bonchev–Trinajstić information content (AvgIpc) is 3.09. The van der Waals surface area contributed by atoms with Gasteiger partial charge in [-0.3, -0.25) is 4.79 Å². The maximum Gasteiger partial charge on any atom is 0.243 e. The van der Waals surface area contributed by atoms with Crippen molar-refractivity contribution in [2.75, 3.05) is 13.3 Å². The summed E-state index contributed by atoms with van der Waals surface area (Å²) < 4.78 is 10.7. The van der Waals surface area contributed by atoms with Crippen LogP contribution in [0.15, 0.2) is 48.6 Å². The second kappa shape index (κ2) is 11.2. The Morgan fingerprint density at radius 2 is 1.88 bits per heavy atom. The summed E-state index contributed by atoms with van der Waals surface area (Å²) in [6, 6.07) is 5.93. The van der Waals surface area contributed by atoms with Crippen LogP contribution in [0.3, 0.4) is 0 Å². The van der Waals surface area contributed by atoms with Crippen LogP contribution in [0, 0.1) is 5.92 Å². The van der Waals surface area contributed by atoms with Gasteiger partial charge in [0.05, 0.1) is 0 Å². The number of fused-ring (bicyclic) bond motifs is 1. The molecule has 0 unspecified atom stereocenters. The number of rotatable bonds is 10. The van der Waals surface area contributed by atoms with E-state index in [-0.39, 0.29) is 5.91 Å². The molecule has 1 N–H and O–H groups in total. The van der Waals surface area contributed by atoms with Crippen LogP contribution in [-0.2, 0) is 4.79 Å². The summed E-state index contributed by atoms with van der Waals surface area (Å²) in [6.07, 6.45) is 16.1. The van der Waals surface area contributed by atoms with Gasteiger partial charge in [0.15, 0.2) is 11.5 Å². The van der Waals surface area contributed by atoms with Gasteiger partial charge < -0.3 is 14.8 Å². The number of allylic oxidation sites excluding steroid dienone is 4. The summed E-state index contributed by atoms with van der Waals surface area (Å²) in [5.41, 5.74) is 1.10. The Morgan fingerprint density at radius 3 is 2.69 bits per heavy atom. The Bertz CT molecular complexity index is 659. The van der Waals surface area contributed by atoms with Crippen LogP contribution >= 0.6 is 0 Å². The van der Waals surface area contributed by atoms with Crippen LogP contribution in [0.25, 0.3) is 6.08 Å². The topological polar surface area (TPSA) is 47.6 Å². The Hall–Kier alpha value is -2.49. The molecule has 0 saturated heterocycles. The van der Waals surface area contributed by atoms with E-state index in [0.29, 0.717) is 12.7 Å². The van der Waals surface area contributed by atoms with Crippen molar-refractivity contribution >= 4 is 12.0 Å². The van der Waals surface area contributed by atoms with Gasteiger partial charge in [-0.05, 0) is 55.4 Å². The zero-order chi connectivity index (χ0) is 18.6. The smallest absolute Gasteiger partial charge is 0.243 e. The highest BCUT2D eigenvalue weighted by Crippen LogP contribution is 2.32. The van der Waals surface area contributed by atoms with Gasteiger partial charge in [0.2, 0.25) is 12.7 Å². The molecule has 0 aliphatic carbocycles. The molecule has 140 valence electrons. The normalized spacial score (nSPS) is 13.5. The number of benzene rings is 1. The molecular formula is C22H29NO3. The largest absolute Gasteiger partial charge is 0.454 e. The van der Waals surface area contributed by atoms with Gasteiger partial charge in [-0.2, -0.15) is 0 Å². The number of nitrogens with one attached hydrogen (secondary N) is 1. The summed E-state index contributed by atoms with van der Waals surface area (Å²) in [5, 5.41) is 2.88. The van der Waals surface area contributed by atoms with Gasteiger partial charge in [-0.1, -0.05) is 50.3 Å². The Morgan fingerprint density at radius 1 is 1.12 bits per heavy atom. The summed E-state index contributed by atoms with van der Waals surface area (Å²) in [5.74, 6) is 2.11. The van der Waals surface area contributed by atoms with Crippen LogP contribution < -0.4 is 14.8 Å². The number of amides is 1. The summed E-state index contributed by atoms with van der Waals surface area (Å²) in [4.78, 5) is 11.5. The number of carbonyl (C=O) groups is 1. The first-order valence-corrected chi connectivity index (χ1v) is 9.32. The zero-order valence-corrected chi connectivity index (χ0v) is 15.7. The molecule has 1 aliphatic heterocycles. The van der Waals surface area contributed by atoms with E-state index in [1.165, 1.54) is 0 Å². The maximum atomic E-state index is 11.5. The van der Waals surface area contributed by atoms with Crippen molar-refractivity contribution in [2.24, 2.45) is 5.92 Å². The lowest BCUT2D eigenvalue weighted by Crippen LogP contribution is -2.25. The second-order valence-electron chi connectivity index (χ2n) is 6.73. The lowest BCUT2D eigenvalue weighted by Gasteiger charge is -2.04. The van der Waals surface area contributed by atoms with Crippen LogP contribution in [0.4, 0.5) is 0 Å². The minimum atomic E-state index is 0.00671. The number of hydrogen-bond acceptors (Lipinski definition) is 3. The predicted molar refractivity (Wildman–Crippen MR) is 106 cm³/mol. The molecule has 1 aliphatic rings. The first-order chi connectivity index (χ1) is 12.6. The fourth-order valence-corrected chi connectivity index (χ4v) is 2.44. The minimum Gasteiger partial charge on any atom is -0.454 e. The zero-order valence-electron chi connectivity index (χ0n) is 15.7. The third kappa shape index (κ3) is 7.60. The average molecular weight is 355 g/mol. The first kappa shape index (κ1) is 19.8. The highest BCUT2D eigenvalue weighted by molar-refractivity contribution is 5.87. The van der Waals surface area contributed by atoms with Crippen LogP contribution in [0.5, 0.6) is 11.5 Å². The van der Waals surface area contributed by atoms with Crippen LogP contribution in [0.2, 0.25) is 0 Å². The molecule has 1 aromatic rings. The van der Waals surface area contributed by atoms with E-state index >= 15 is 0 Å². The minimum absolute atomic E-state index is 0.00671. The molecule has 26 heavy (non-hydrogen) atoms. The molecule has 0 radical (unpaired) electrons. The van der Waals surface area contributed by atoms with Crippen LogP contribution in [-0.4, -0.2) is 19.2 Å². The molecule has 0 fully saturated rings. The fourth-order valence-electron chi connectivity index (χ4n) is 2.44. The van der Waals surface area contributed by atoms with Gasteiger partial charge in [0.25, 0.3) is 0 Å². The van der Waals surface area contributed by atoms with E-state index in [9.17, 15) is 4.79 Å². The SMILES string of the molecule is CC(C)CNC(=O)/C=C/CCCC/C=C/C=C/c1ccc2c(c1)OCO2. The lowest BCUT2D eigenvalue weighted by atomic mass is 10.1. The van der Waals surface area contributed by atoms with Crippen molar-refractivity contribution < 1.29 is 14.3 Å². The van der Waals surface area contributed by atoms with E-state index in [1.807, 2.05) is 30.4 Å². The van der Waals surface area contributed by atoms with Crippen molar-refractivity contribution in [3.63, 3.8) is 0 Å². The first-order valence-electron chi connectivity index (χ1n) is 9.32. The van der Waals surface area contributed by atoms with Crippen molar-refractivity contribution in [3.05, 3.63) is 54.1 Å². The fraction of sp³-hybridized carbons (Fsp3) is 0.409. The molecular weight excluding hydrogens is 326 g/mol. The third-order valence-corrected chi connectivity index (χ3v) is 3.88. The van der Waals surface area contributed by atoms with Gasteiger partial charge in [-0.15, -0.1) is 0 Å². The Labute approximate surface area is 156 Å². The molecule has 2 rings (SSSR count). The second-order valence-corrected chi connectivity index (χ2v) is 6.73. The lowest BCUT2D eigenvalue weighted by molar-refractivity contribution is -0.116. The highest BCUT2D eigenvalue weighted by atomic mass is 16.7. The number of carbonyl (C=O) groups excluding carboxylic acids is 1. The summed E-state index contributed by atoms with van der Waals surface area (Å²) in [6.45, 7) is 5.21. The number of unbranched alkanes of at least 4 members (excludes halogenated alkanes) is 3. The molecule has 1 amide bonds. The van der Waals surface area contributed by atoms with Crippen molar-refractivity contribution in [3.8, 4) is 11.5 Å². The van der Waals surface area contributed by atoms with E-state index in [4.69, 9.17) is 9.47 Å². The molecule has 4 nitrogen and oxygen atoms in total. The molecule has 0 spiro atoms. The Balaban J connectivity index is 1.55. The number of ether oxygens (including phenoxy) is 2. The maximum absolute atomic E-state index is 11.5. The van der Waals surface area contributed by atoms with Gasteiger partial charge >= 0.3 is 0 Å². The molecule has 0 saturated carbocycles. The molecule has 1 aromatic carbocycles. The summed E-state index contributed by atoms with van der Waals surface area (Å²) >= 11 is 0. The predicted octanol–water partition coefficient (Wildman–Crippen LogP) is 4.87. The van der Waals surface area contributed by atoms with Crippen molar-refractivity contribution in [1.82, 2.24) is 5.32 Å². The number of hydrogen-bond donors (Lipinski definition) is 1. The quantitative estimate of drug-likeness (QED) is 0.370.